The average molecular weight is 224 g/mol. The molecule has 0 bridgehead atoms. The fourth-order valence-electron chi connectivity index (χ4n) is 1.93. The van der Waals surface area contributed by atoms with E-state index in [1.165, 1.54) is 19.3 Å². The van der Waals surface area contributed by atoms with E-state index in [9.17, 15) is 0 Å². The molecule has 1 saturated carbocycles. The molecular weight excluding hydrogens is 204 g/mol. The topological polar surface area (TPSA) is 50.0 Å². The maximum Gasteiger partial charge on any atom is 0.107 e. The van der Waals surface area contributed by atoms with Crippen LogP contribution in [0, 0.1) is 0 Å². The molecule has 0 atom stereocenters. The van der Waals surface area contributed by atoms with Crippen molar-refractivity contribution in [2.45, 2.75) is 44.8 Å². The molecule has 0 spiro atoms. The van der Waals surface area contributed by atoms with E-state index >= 15 is 0 Å². The van der Waals surface area contributed by atoms with Gasteiger partial charge in [0.15, 0.2) is 0 Å². The molecule has 2 N–H and O–H groups in total. The van der Waals surface area contributed by atoms with Crippen molar-refractivity contribution in [3.05, 3.63) is 35.9 Å². The van der Waals surface area contributed by atoms with Crippen molar-refractivity contribution in [1.29, 1.82) is 0 Å². The Morgan fingerprint density at radius 1 is 1.00 bits per heavy atom. The number of hydrogen-bond donors (Lipinski definition) is 0. The molecule has 2 rings (SSSR count). The molecule has 1 aromatic rings. The predicted octanol–water partition coefficient (Wildman–Crippen LogP) is 2.64. The Bertz CT molecular complexity index is 268. The zero-order chi connectivity index (χ0) is 10.3. The van der Waals surface area contributed by atoms with E-state index in [0.29, 0.717) is 12.7 Å². The van der Waals surface area contributed by atoms with Gasteiger partial charge in [-0.25, -0.2) is 9.78 Å². The van der Waals surface area contributed by atoms with Gasteiger partial charge in [0.1, 0.15) is 6.61 Å². The van der Waals surface area contributed by atoms with E-state index < -0.39 is 0 Å². The van der Waals surface area contributed by atoms with Crippen LogP contribution in [0.3, 0.4) is 0 Å². The molecule has 0 unspecified atom stereocenters. The third kappa shape index (κ3) is 4.31. The predicted molar refractivity (Wildman–Crippen MR) is 62.8 cm³/mol. The van der Waals surface area contributed by atoms with Crippen molar-refractivity contribution in [2.75, 3.05) is 0 Å². The summed E-state index contributed by atoms with van der Waals surface area (Å²) in [6.45, 7) is 0.553. The standard InChI is InChI=1S/C13H18O2.H2O/c1-3-7-12(8-4-1)11-14-15-13-9-5-2-6-10-13;/h1,3-4,7-8,13H,2,5-6,9-11H2;1H2. The Hall–Kier alpha value is -0.900. The van der Waals surface area contributed by atoms with Crippen LogP contribution in [0.1, 0.15) is 37.7 Å². The van der Waals surface area contributed by atoms with Gasteiger partial charge in [0.05, 0.1) is 6.10 Å². The van der Waals surface area contributed by atoms with E-state index in [0.717, 1.165) is 18.4 Å². The van der Waals surface area contributed by atoms with Crippen LogP contribution in [0.2, 0.25) is 0 Å². The first-order chi connectivity index (χ1) is 7.45. The minimum Gasteiger partial charge on any atom is -0.412 e. The Labute approximate surface area is 96.6 Å². The maximum absolute atomic E-state index is 5.39. The largest absolute Gasteiger partial charge is 0.412 e. The second-order valence-electron chi connectivity index (χ2n) is 4.10. The second-order valence-corrected chi connectivity index (χ2v) is 4.10. The Kier molecular flexibility index (Phi) is 6.08. The van der Waals surface area contributed by atoms with Crippen molar-refractivity contribution < 1.29 is 15.3 Å². The summed E-state index contributed by atoms with van der Waals surface area (Å²) in [5.41, 5.74) is 1.16. The number of hydrogen-bond acceptors (Lipinski definition) is 2. The fourth-order valence-corrected chi connectivity index (χ4v) is 1.93. The molecule has 0 aliphatic heterocycles. The molecule has 1 aliphatic rings. The first kappa shape index (κ1) is 13.2. The highest BCUT2D eigenvalue weighted by molar-refractivity contribution is 5.13. The minimum absolute atomic E-state index is 0. The van der Waals surface area contributed by atoms with Crippen LogP contribution in [0.4, 0.5) is 0 Å². The lowest BCUT2D eigenvalue weighted by atomic mass is 9.98. The SMILES string of the molecule is O.c1ccc(COOC2CCCCC2)cc1. The van der Waals surface area contributed by atoms with Crippen LogP contribution in [0.25, 0.3) is 0 Å². The van der Waals surface area contributed by atoms with Gasteiger partial charge in [0.2, 0.25) is 0 Å². The van der Waals surface area contributed by atoms with Gasteiger partial charge < -0.3 is 5.48 Å². The van der Waals surface area contributed by atoms with Gasteiger partial charge >= 0.3 is 0 Å². The molecule has 3 heteroatoms. The zero-order valence-electron chi connectivity index (χ0n) is 9.52. The maximum atomic E-state index is 5.39. The van der Waals surface area contributed by atoms with E-state index in [-0.39, 0.29) is 5.48 Å². The normalized spacial score (nSPS) is 16.8. The van der Waals surface area contributed by atoms with Crippen LogP contribution in [-0.4, -0.2) is 11.6 Å². The summed E-state index contributed by atoms with van der Waals surface area (Å²) in [5, 5.41) is 0. The van der Waals surface area contributed by atoms with Crippen LogP contribution in [0.15, 0.2) is 30.3 Å². The average Bonchev–Trinajstić information content (AvgIpc) is 2.32. The monoisotopic (exact) mass is 224 g/mol. The van der Waals surface area contributed by atoms with Crippen LogP contribution >= 0.6 is 0 Å². The fraction of sp³-hybridized carbons (Fsp3) is 0.538. The highest BCUT2D eigenvalue weighted by Crippen LogP contribution is 2.20. The van der Waals surface area contributed by atoms with Crippen LogP contribution in [0.5, 0.6) is 0 Å². The minimum atomic E-state index is 0. The molecule has 1 fully saturated rings. The molecule has 0 heterocycles. The van der Waals surface area contributed by atoms with Crippen molar-refractivity contribution >= 4 is 0 Å². The summed E-state index contributed by atoms with van der Waals surface area (Å²) >= 11 is 0. The van der Waals surface area contributed by atoms with E-state index in [1.807, 2.05) is 30.3 Å². The molecule has 0 amide bonds. The number of benzene rings is 1. The van der Waals surface area contributed by atoms with Gasteiger partial charge in [-0.3, -0.25) is 0 Å². The quantitative estimate of drug-likeness (QED) is 0.583. The first-order valence-electron chi connectivity index (χ1n) is 5.77. The third-order valence-electron chi connectivity index (χ3n) is 2.82. The lowest BCUT2D eigenvalue weighted by molar-refractivity contribution is -0.336. The summed E-state index contributed by atoms with van der Waals surface area (Å²) in [4.78, 5) is 10.6. The third-order valence-corrected chi connectivity index (χ3v) is 2.82. The summed E-state index contributed by atoms with van der Waals surface area (Å²) in [7, 11) is 0. The van der Waals surface area contributed by atoms with Crippen molar-refractivity contribution in [3.63, 3.8) is 0 Å². The first-order valence-corrected chi connectivity index (χ1v) is 5.77. The van der Waals surface area contributed by atoms with Gasteiger partial charge in [-0.15, -0.1) is 0 Å². The molecular formula is C13H20O3. The van der Waals surface area contributed by atoms with Crippen molar-refractivity contribution in [1.82, 2.24) is 0 Å². The van der Waals surface area contributed by atoms with Crippen LogP contribution in [-0.2, 0) is 16.4 Å². The molecule has 16 heavy (non-hydrogen) atoms. The highest BCUT2D eigenvalue weighted by atomic mass is 17.2. The Morgan fingerprint density at radius 2 is 1.69 bits per heavy atom. The summed E-state index contributed by atoms with van der Waals surface area (Å²) in [6.07, 6.45) is 6.52. The smallest absolute Gasteiger partial charge is 0.107 e. The van der Waals surface area contributed by atoms with Crippen molar-refractivity contribution in [2.24, 2.45) is 0 Å². The zero-order valence-corrected chi connectivity index (χ0v) is 9.52. The second kappa shape index (κ2) is 7.39. The molecule has 0 aromatic heterocycles. The summed E-state index contributed by atoms with van der Waals surface area (Å²) < 4.78 is 0. The summed E-state index contributed by atoms with van der Waals surface area (Å²) in [6, 6.07) is 10.1. The molecule has 3 nitrogen and oxygen atoms in total. The highest BCUT2D eigenvalue weighted by Gasteiger charge is 2.14. The lowest BCUT2D eigenvalue weighted by Gasteiger charge is -2.20. The molecule has 1 aliphatic carbocycles. The van der Waals surface area contributed by atoms with Gasteiger partial charge in [0.25, 0.3) is 0 Å². The Morgan fingerprint density at radius 3 is 2.38 bits per heavy atom. The van der Waals surface area contributed by atoms with E-state index in [2.05, 4.69) is 0 Å². The van der Waals surface area contributed by atoms with Gasteiger partial charge in [-0.2, -0.15) is 0 Å². The van der Waals surface area contributed by atoms with Gasteiger partial charge in [-0.1, -0.05) is 49.6 Å². The Balaban J connectivity index is 0.00000128. The van der Waals surface area contributed by atoms with E-state index in [4.69, 9.17) is 9.78 Å². The van der Waals surface area contributed by atoms with Crippen molar-refractivity contribution in [3.8, 4) is 0 Å². The molecule has 0 radical (unpaired) electrons. The van der Waals surface area contributed by atoms with Gasteiger partial charge in [-0.05, 0) is 18.4 Å². The van der Waals surface area contributed by atoms with Crippen LogP contribution < -0.4 is 0 Å². The molecule has 0 saturated heterocycles. The molecule has 90 valence electrons. The number of rotatable bonds is 4. The molecule has 1 aromatic carbocycles. The van der Waals surface area contributed by atoms with Gasteiger partial charge in [0, 0.05) is 0 Å². The summed E-state index contributed by atoms with van der Waals surface area (Å²) in [5.74, 6) is 0. The van der Waals surface area contributed by atoms with E-state index in [1.54, 1.807) is 0 Å². The lowest BCUT2D eigenvalue weighted by Crippen LogP contribution is -2.16.